The van der Waals surface area contributed by atoms with E-state index < -0.39 is 0 Å². The molecule has 0 aliphatic heterocycles. The molecule has 0 aromatic carbocycles. The second-order valence-corrected chi connectivity index (χ2v) is 5.34. The highest BCUT2D eigenvalue weighted by Gasteiger charge is 2.23. The first-order valence-corrected chi connectivity index (χ1v) is 5.94. The van der Waals surface area contributed by atoms with Crippen LogP contribution in [0.4, 0.5) is 0 Å². The van der Waals surface area contributed by atoms with Gasteiger partial charge in [0.2, 0.25) is 0 Å². The number of nitrogens with zero attached hydrogens (tertiary/aromatic N) is 1. The fraction of sp³-hybridized carbons (Fsp3) is 1.00. The summed E-state index contributed by atoms with van der Waals surface area (Å²) in [6, 6.07) is 0.830. The summed E-state index contributed by atoms with van der Waals surface area (Å²) < 4.78 is 0. The molecule has 0 heterocycles. The highest BCUT2D eigenvalue weighted by molar-refractivity contribution is 4.83. The molecule has 1 aliphatic rings. The van der Waals surface area contributed by atoms with Gasteiger partial charge in [-0.15, -0.1) is 0 Å². The molecule has 1 rings (SSSR count). The van der Waals surface area contributed by atoms with Crippen molar-refractivity contribution < 1.29 is 0 Å². The number of hydrogen-bond donors (Lipinski definition) is 1. The molecule has 2 heteroatoms. The number of rotatable bonds is 4. The molecule has 0 radical (unpaired) electrons. The van der Waals surface area contributed by atoms with Gasteiger partial charge in [0.25, 0.3) is 0 Å². The maximum absolute atomic E-state index is 3.37. The van der Waals surface area contributed by atoms with Gasteiger partial charge in [0.15, 0.2) is 0 Å². The second-order valence-electron chi connectivity index (χ2n) is 5.34. The van der Waals surface area contributed by atoms with Crippen LogP contribution in [0.3, 0.4) is 0 Å². The zero-order valence-corrected chi connectivity index (χ0v) is 10.3. The van der Waals surface area contributed by atoms with Crippen molar-refractivity contribution in [1.82, 2.24) is 10.2 Å². The van der Waals surface area contributed by atoms with Gasteiger partial charge in [-0.25, -0.2) is 0 Å². The molecular formula is C12H26N2. The molecule has 0 atom stereocenters. The zero-order valence-electron chi connectivity index (χ0n) is 10.3. The van der Waals surface area contributed by atoms with Crippen molar-refractivity contribution in [2.75, 3.05) is 20.6 Å². The predicted octanol–water partition coefficient (Wildman–Crippen LogP) is 2.25. The third kappa shape index (κ3) is 3.58. The number of hydrogen-bond acceptors (Lipinski definition) is 2. The Labute approximate surface area is 89.1 Å². The van der Waals surface area contributed by atoms with E-state index in [1.807, 2.05) is 0 Å². The van der Waals surface area contributed by atoms with Crippen LogP contribution in [0.5, 0.6) is 0 Å². The summed E-state index contributed by atoms with van der Waals surface area (Å²) >= 11 is 0. The van der Waals surface area contributed by atoms with E-state index in [2.05, 4.69) is 38.2 Å². The van der Waals surface area contributed by atoms with Gasteiger partial charge in [0, 0.05) is 18.1 Å². The molecule has 0 unspecified atom stereocenters. The Morgan fingerprint density at radius 1 is 1.21 bits per heavy atom. The molecular weight excluding hydrogens is 172 g/mol. The van der Waals surface area contributed by atoms with Crippen LogP contribution < -0.4 is 5.32 Å². The van der Waals surface area contributed by atoms with Gasteiger partial charge in [-0.05, 0) is 40.8 Å². The Kier molecular flexibility index (Phi) is 4.39. The average molecular weight is 198 g/mol. The first kappa shape index (κ1) is 12.0. The van der Waals surface area contributed by atoms with E-state index in [-0.39, 0.29) is 5.54 Å². The van der Waals surface area contributed by atoms with Gasteiger partial charge in [-0.3, -0.25) is 0 Å². The van der Waals surface area contributed by atoms with Crippen molar-refractivity contribution in [1.29, 1.82) is 0 Å². The lowest BCUT2D eigenvalue weighted by Gasteiger charge is -2.37. The normalized spacial score (nSPS) is 20.4. The Morgan fingerprint density at radius 3 is 2.29 bits per heavy atom. The van der Waals surface area contributed by atoms with Crippen LogP contribution >= 0.6 is 0 Å². The van der Waals surface area contributed by atoms with Crippen molar-refractivity contribution in [2.24, 2.45) is 0 Å². The van der Waals surface area contributed by atoms with Crippen LogP contribution in [0.2, 0.25) is 0 Å². The lowest BCUT2D eigenvalue weighted by Crippen LogP contribution is -2.49. The van der Waals surface area contributed by atoms with E-state index in [9.17, 15) is 0 Å². The molecule has 1 N–H and O–H groups in total. The topological polar surface area (TPSA) is 15.3 Å². The van der Waals surface area contributed by atoms with Crippen molar-refractivity contribution in [2.45, 2.75) is 57.5 Å². The van der Waals surface area contributed by atoms with Crippen LogP contribution in [-0.4, -0.2) is 37.1 Å². The monoisotopic (exact) mass is 198 g/mol. The zero-order chi connectivity index (χ0) is 10.6. The smallest absolute Gasteiger partial charge is 0.0249 e. The summed E-state index contributed by atoms with van der Waals surface area (Å²) in [7, 11) is 4.32. The van der Waals surface area contributed by atoms with E-state index in [1.54, 1.807) is 0 Å². The molecule has 0 aromatic heterocycles. The van der Waals surface area contributed by atoms with Crippen molar-refractivity contribution in [3.63, 3.8) is 0 Å². The van der Waals surface area contributed by atoms with Gasteiger partial charge in [0.1, 0.15) is 0 Å². The Balaban J connectivity index is 2.36. The molecule has 1 aliphatic carbocycles. The summed E-state index contributed by atoms with van der Waals surface area (Å²) in [6.45, 7) is 5.69. The summed E-state index contributed by atoms with van der Waals surface area (Å²) in [5, 5.41) is 3.37. The molecule has 1 fully saturated rings. The second kappa shape index (κ2) is 5.13. The largest absolute Gasteiger partial charge is 0.314 e. The average Bonchev–Trinajstić information content (AvgIpc) is 2.19. The SMILES string of the molecule is CNC(C)(C)CN(C)C1CCCCC1. The minimum absolute atomic E-state index is 0.242. The molecule has 14 heavy (non-hydrogen) atoms. The molecule has 0 spiro atoms. The van der Waals surface area contributed by atoms with Gasteiger partial charge >= 0.3 is 0 Å². The van der Waals surface area contributed by atoms with Crippen molar-refractivity contribution in [3.8, 4) is 0 Å². The van der Waals surface area contributed by atoms with Crippen LogP contribution in [0.1, 0.15) is 46.0 Å². The summed E-state index contributed by atoms with van der Waals surface area (Å²) in [5.74, 6) is 0. The van der Waals surface area contributed by atoms with Gasteiger partial charge in [0.05, 0.1) is 0 Å². The van der Waals surface area contributed by atoms with E-state index in [0.717, 1.165) is 12.6 Å². The number of nitrogens with one attached hydrogen (secondary N) is 1. The van der Waals surface area contributed by atoms with Gasteiger partial charge in [-0.2, -0.15) is 0 Å². The van der Waals surface area contributed by atoms with E-state index in [4.69, 9.17) is 0 Å². The highest BCUT2D eigenvalue weighted by atomic mass is 15.2. The van der Waals surface area contributed by atoms with E-state index in [0.29, 0.717) is 0 Å². The van der Waals surface area contributed by atoms with Crippen LogP contribution in [0, 0.1) is 0 Å². The minimum Gasteiger partial charge on any atom is -0.314 e. The third-order valence-corrected chi connectivity index (χ3v) is 3.52. The summed E-state index contributed by atoms with van der Waals surface area (Å²) in [6.07, 6.45) is 7.09. The molecule has 1 saturated carbocycles. The molecule has 0 amide bonds. The molecule has 0 aromatic rings. The Bertz CT molecular complexity index is 160. The lowest BCUT2D eigenvalue weighted by atomic mass is 9.93. The van der Waals surface area contributed by atoms with Crippen molar-refractivity contribution >= 4 is 0 Å². The number of likely N-dealkylation sites (N-methyl/N-ethyl adjacent to an activating group) is 2. The Morgan fingerprint density at radius 2 is 1.79 bits per heavy atom. The van der Waals surface area contributed by atoms with Crippen molar-refractivity contribution in [3.05, 3.63) is 0 Å². The fourth-order valence-electron chi connectivity index (χ4n) is 2.35. The maximum Gasteiger partial charge on any atom is 0.0249 e. The van der Waals surface area contributed by atoms with Crippen LogP contribution in [0.25, 0.3) is 0 Å². The van der Waals surface area contributed by atoms with Crippen LogP contribution in [0.15, 0.2) is 0 Å². The standard InChI is InChI=1S/C12H26N2/c1-12(2,13-3)10-14(4)11-8-6-5-7-9-11/h11,13H,5-10H2,1-4H3. The Hall–Kier alpha value is -0.0800. The van der Waals surface area contributed by atoms with Gasteiger partial charge < -0.3 is 10.2 Å². The van der Waals surface area contributed by atoms with E-state index in [1.165, 1.54) is 32.1 Å². The quantitative estimate of drug-likeness (QED) is 0.745. The molecule has 2 nitrogen and oxygen atoms in total. The summed E-state index contributed by atoms with van der Waals surface area (Å²) in [4.78, 5) is 2.54. The third-order valence-electron chi connectivity index (χ3n) is 3.52. The highest BCUT2D eigenvalue weighted by Crippen LogP contribution is 2.22. The maximum atomic E-state index is 3.37. The first-order chi connectivity index (χ1) is 6.55. The fourth-order valence-corrected chi connectivity index (χ4v) is 2.35. The van der Waals surface area contributed by atoms with Crippen LogP contribution in [-0.2, 0) is 0 Å². The lowest BCUT2D eigenvalue weighted by molar-refractivity contribution is 0.153. The molecule has 0 saturated heterocycles. The first-order valence-electron chi connectivity index (χ1n) is 5.94. The predicted molar refractivity (Wildman–Crippen MR) is 62.6 cm³/mol. The minimum atomic E-state index is 0.242. The molecule has 84 valence electrons. The summed E-state index contributed by atoms with van der Waals surface area (Å²) in [5.41, 5.74) is 0.242. The van der Waals surface area contributed by atoms with Gasteiger partial charge in [-0.1, -0.05) is 19.3 Å². The molecule has 0 bridgehead atoms. The van der Waals surface area contributed by atoms with E-state index >= 15 is 0 Å².